The highest BCUT2D eigenvalue weighted by Crippen LogP contribution is 2.19. The molecule has 5 nitrogen and oxygen atoms in total. The maximum Gasteiger partial charge on any atom is 0.344 e. The topological polar surface area (TPSA) is 67.8 Å². The molecular formula is C24H29BrN2O3. The van der Waals surface area contributed by atoms with Crippen LogP contribution in [-0.2, 0) is 4.79 Å². The molecule has 0 unspecified atom stereocenters. The van der Waals surface area contributed by atoms with E-state index in [1.807, 2.05) is 6.07 Å². The van der Waals surface area contributed by atoms with Gasteiger partial charge in [0.25, 0.3) is 0 Å². The Morgan fingerprint density at radius 2 is 1.63 bits per heavy atom. The molecule has 1 N–H and O–H groups in total. The molecule has 0 bridgehead atoms. The van der Waals surface area contributed by atoms with Crippen molar-refractivity contribution in [3.8, 4) is 5.75 Å². The first-order valence-electron chi connectivity index (χ1n) is 10.5. The number of unbranched alkanes of at least 4 members (excludes halogenated alkanes) is 6. The van der Waals surface area contributed by atoms with Crippen LogP contribution in [0.1, 0.15) is 74.2 Å². The van der Waals surface area contributed by atoms with Crippen LogP contribution >= 0.6 is 15.9 Å². The quantitative estimate of drug-likeness (QED) is 0.130. The molecule has 6 heteroatoms. The lowest BCUT2D eigenvalue weighted by molar-refractivity contribution is -0.121. The van der Waals surface area contributed by atoms with E-state index in [0.29, 0.717) is 22.2 Å². The minimum atomic E-state index is -0.429. The number of esters is 1. The van der Waals surface area contributed by atoms with Crippen LogP contribution in [0.3, 0.4) is 0 Å². The summed E-state index contributed by atoms with van der Waals surface area (Å²) in [6, 6.07) is 14.0. The van der Waals surface area contributed by atoms with Gasteiger partial charge in [0.15, 0.2) is 0 Å². The number of nitrogens with zero attached hydrogens (tertiary/aromatic N) is 1. The first kappa shape index (κ1) is 23.8. The second kappa shape index (κ2) is 13.7. The molecule has 0 fully saturated rings. The van der Waals surface area contributed by atoms with E-state index in [1.54, 1.807) is 48.7 Å². The molecule has 0 saturated heterocycles. The third kappa shape index (κ3) is 8.91. The number of ether oxygens (including phenoxy) is 1. The number of halogens is 1. The second-order valence-corrected chi connectivity index (χ2v) is 7.96. The lowest BCUT2D eigenvalue weighted by Gasteiger charge is -2.06. The van der Waals surface area contributed by atoms with Crippen LogP contribution in [-0.4, -0.2) is 18.1 Å². The van der Waals surface area contributed by atoms with Crippen LogP contribution in [0.15, 0.2) is 58.1 Å². The van der Waals surface area contributed by atoms with E-state index in [4.69, 9.17) is 4.74 Å². The Bertz CT molecular complexity index is 835. The molecule has 0 radical (unpaired) electrons. The molecule has 0 saturated carbocycles. The Kier molecular flexibility index (Phi) is 10.9. The zero-order chi connectivity index (χ0) is 21.6. The number of amides is 1. The van der Waals surface area contributed by atoms with Gasteiger partial charge in [0.2, 0.25) is 5.91 Å². The third-order valence-corrected chi connectivity index (χ3v) is 5.29. The highest BCUT2D eigenvalue weighted by atomic mass is 79.9. The monoisotopic (exact) mass is 472 g/mol. The third-order valence-electron chi connectivity index (χ3n) is 4.59. The molecule has 1 amide bonds. The van der Waals surface area contributed by atoms with Crippen molar-refractivity contribution in [2.45, 2.75) is 58.3 Å². The fraction of sp³-hybridized carbons (Fsp3) is 0.375. The molecule has 0 spiro atoms. The lowest BCUT2D eigenvalue weighted by Crippen LogP contribution is -2.16. The fourth-order valence-corrected chi connectivity index (χ4v) is 3.33. The second-order valence-electron chi connectivity index (χ2n) is 7.10. The molecule has 30 heavy (non-hydrogen) atoms. The van der Waals surface area contributed by atoms with Crippen molar-refractivity contribution in [2.75, 3.05) is 0 Å². The maximum atomic E-state index is 12.2. The summed E-state index contributed by atoms with van der Waals surface area (Å²) in [5.74, 6) is -0.0591. The first-order valence-corrected chi connectivity index (χ1v) is 11.3. The summed E-state index contributed by atoms with van der Waals surface area (Å²) < 4.78 is 6.07. The van der Waals surface area contributed by atoms with Crippen LogP contribution in [0.25, 0.3) is 0 Å². The van der Waals surface area contributed by atoms with Crippen molar-refractivity contribution in [1.29, 1.82) is 0 Å². The van der Waals surface area contributed by atoms with Crippen LogP contribution in [0, 0.1) is 0 Å². The lowest BCUT2D eigenvalue weighted by atomic mass is 10.1. The number of hydrogen-bond acceptors (Lipinski definition) is 4. The van der Waals surface area contributed by atoms with Crippen molar-refractivity contribution in [3.05, 3.63) is 64.1 Å². The highest BCUT2D eigenvalue weighted by Gasteiger charge is 2.11. The van der Waals surface area contributed by atoms with Crippen molar-refractivity contribution in [3.63, 3.8) is 0 Å². The number of carbonyl (C=O) groups is 2. The summed E-state index contributed by atoms with van der Waals surface area (Å²) in [5.41, 5.74) is 3.82. The van der Waals surface area contributed by atoms with Crippen molar-refractivity contribution >= 4 is 34.0 Å². The van der Waals surface area contributed by atoms with Gasteiger partial charge >= 0.3 is 5.97 Å². The molecule has 2 rings (SSSR count). The summed E-state index contributed by atoms with van der Waals surface area (Å²) in [6.45, 7) is 2.21. The Morgan fingerprint density at radius 3 is 2.33 bits per heavy atom. The molecule has 0 aliphatic carbocycles. The van der Waals surface area contributed by atoms with Crippen LogP contribution in [0.5, 0.6) is 5.75 Å². The Balaban J connectivity index is 1.70. The molecule has 0 atom stereocenters. The predicted molar refractivity (Wildman–Crippen MR) is 124 cm³/mol. The van der Waals surface area contributed by atoms with E-state index in [1.165, 1.54) is 32.1 Å². The van der Waals surface area contributed by atoms with Gasteiger partial charge in [-0.05, 0) is 64.3 Å². The summed E-state index contributed by atoms with van der Waals surface area (Å²) in [4.78, 5) is 24.0. The normalized spacial score (nSPS) is 10.9. The average molecular weight is 473 g/mol. The molecule has 0 aromatic heterocycles. The molecule has 0 aliphatic rings. The van der Waals surface area contributed by atoms with Gasteiger partial charge in [-0.25, -0.2) is 10.2 Å². The first-order chi connectivity index (χ1) is 14.6. The van der Waals surface area contributed by atoms with Gasteiger partial charge in [0.05, 0.1) is 11.8 Å². The highest BCUT2D eigenvalue weighted by molar-refractivity contribution is 9.10. The van der Waals surface area contributed by atoms with Gasteiger partial charge in [0.1, 0.15) is 5.75 Å². The van der Waals surface area contributed by atoms with E-state index < -0.39 is 5.97 Å². The number of rotatable bonds is 12. The average Bonchev–Trinajstić information content (AvgIpc) is 2.74. The molecule has 160 valence electrons. The molecule has 2 aromatic carbocycles. The van der Waals surface area contributed by atoms with E-state index in [9.17, 15) is 9.59 Å². The van der Waals surface area contributed by atoms with E-state index in [2.05, 4.69) is 33.4 Å². The molecule has 2 aromatic rings. The fourth-order valence-electron chi connectivity index (χ4n) is 2.89. The number of carbonyl (C=O) groups excluding carboxylic acids is 2. The predicted octanol–water partition coefficient (Wildman–Crippen LogP) is 6.26. The van der Waals surface area contributed by atoms with Crippen LogP contribution in [0.4, 0.5) is 0 Å². The van der Waals surface area contributed by atoms with Gasteiger partial charge in [-0.3, -0.25) is 4.79 Å². The van der Waals surface area contributed by atoms with Crippen molar-refractivity contribution < 1.29 is 14.3 Å². The number of hydrogen-bond donors (Lipinski definition) is 1. The van der Waals surface area contributed by atoms with Gasteiger partial charge in [-0.2, -0.15) is 5.10 Å². The van der Waals surface area contributed by atoms with Gasteiger partial charge in [-0.1, -0.05) is 57.6 Å². The van der Waals surface area contributed by atoms with Gasteiger partial charge < -0.3 is 4.74 Å². The van der Waals surface area contributed by atoms with Crippen LogP contribution < -0.4 is 10.2 Å². The van der Waals surface area contributed by atoms with Gasteiger partial charge in [-0.15, -0.1) is 0 Å². The van der Waals surface area contributed by atoms with Crippen molar-refractivity contribution in [1.82, 2.24) is 5.43 Å². The number of nitrogens with one attached hydrogen (secondary N) is 1. The largest absolute Gasteiger partial charge is 0.423 e. The summed E-state index contributed by atoms with van der Waals surface area (Å²) in [6.07, 6.45) is 10.3. The van der Waals surface area contributed by atoms with Crippen molar-refractivity contribution in [2.24, 2.45) is 5.10 Å². The Hall–Kier alpha value is -2.47. The van der Waals surface area contributed by atoms with Crippen LogP contribution in [0.2, 0.25) is 0 Å². The SMILES string of the molecule is CCCCCCCCCC(=O)N/N=C/c1ccc(OC(=O)c2ccccc2Br)cc1. The molecule has 0 heterocycles. The molecular weight excluding hydrogens is 444 g/mol. The Morgan fingerprint density at radius 1 is 0.967 bits per heavy atom. The summed E-state index contributed by atoms with van der Waals surface area (Å²) in [5, 5.41) is 3.99. The number of hydrazone groups is 1. The minimum absolute atomic E-state index is 0.0706. The zero-order valence-corrected chi connectivity index (χ0v) is 19.0. The van der Waals surface area contributed by atoms with E-state index >= 15 is 0 Å². The minimum Gasteiger partial charge on any atom is -0.423 e. The van der Waals surface area contributed by atoms with E-state index in [0.717, 1.165) is 18.4 Å². The van der Waals surface area contributed by atoms with Gasteiger partial charge in [0, 0.05) is 10.9 Å². The standard InChI is InChI=1S/C24H29BrN2O3/c1-2-3-4-5-6-7-8-13-23(28)27-26-18-19-14-16-20(17-15-19)30-24(29)21-11-9-10-12-22(21)25/h9-12,14-18H,2-8,13H2,1H3,(H,27,28)/b26-18+. The summed E-state index contributed by atoms with van der Waals surface area (Å²) in [7, 11) is 0. The zero-order valence-electron chi connectivity index (χ0n) is 17.4. The Labute approximate surface area is 187 Å². The number of benzene rings is 2. The van der Waals surface area contributed by atoms with E-state index in [-0.39, 0.29) is 5.91 Å². The molecule has 0 aliphatic heterocycles. The summed E-state index contributed by atoms with van der Waals surface area (Å²) >= 11 is 3.34. The maximum absolute atomic E-state index is 12.2. The smallest absolute Gasteiger partial charge is 0.344 e.